The number of piperazine rings is 1. The second-order valence-electron chi connectivity index (χ2n) is 5.63. The van der Waals surface area contributed by atoms with Crippen LogP contribution in [-0.2, 0) is 6.54 Å². The lowest BCUT2D eigenvalue weighted by Crippen LogP contribution is -2.57. The molecular weight excluding hydrogens is 244 g/mol. The SMILES string of the molecule is CN1CCN(C(C)(C)CNCc2nccs2)CC1. The maximum absolute atomic E-state index is 4.29. The van der Waals surface area contributed by atoms with Crippen molar-refractivity contribution in [1.82, 2.24) is 20.1 Å². The van der Waals surface area contributed by atoms with Crippen molar-refractivity contribution >= 4 is 11.3 Å². The number of hydrogen-bond acceptors (Lipinski definition) is 5. The van der Waals surface area contributed by atoms with E-state index in [1.165, 1.54) is 31.2 Å². The topological polar surface area (TPSA) is 31.4 Å². The second-order valence-corrected chi connectivity index (χ2v) is 6.61. The first-order valence-corrected chi connectivity index (χ1v) is 7.48. The summed E-state index contributed by atoms with van der Waals surface area (Å²) in [6.07, 6.45) is 1.87. The molecule has 5 heteroatoms. The highest BCUT2D eigenvalue weighted by molar-refractivity contribution is 7.09. The highest BCUT2D eigenvalue weighted by Crippen LogP contribution is 2.16. The van der Waals surface area contributed by atoms with Crippen molar-refractivity contribution in [2.45, 2.75) is 25.9 Å². The smallest absolute Gasteiger partial charge is 0.106 e. The van der Waals surface area contributed by atoms with E-state index in [-0.39, 0.29) is 5.54 Å². The van der Waals surface area contributed by atoms with Crippen LogP contribution < -0.4 is 5.32 Å². The van der Waals surface area contributed by atoms with Crippen LogP contribution in [0.25, 0.3) is 0 Å². The quantitative estimate of drug-likeness (QED) is 0.871. The predicted octanol–water partition coefficient (Wildman–Crippen LogP) is 1.26. The summed E-state index contributed by atoms with van der Waals surface area (Å²) in [6.45, 7) is 11.2. The van der Waals surface area contributed by atoms with Gasteiger partial charge in [0.15, 0.2) is 0 Å². The number of nitrogens with zero attached hydrogens (tertiary/aromatic N) is 3. The first-order chi connectivity index (χ1) is 8.58. The Labute approximate surface area is 114 Å². The van der Waals surface area contributed by atoms with E-state index in [4.69, 9.17) is 0 Å². The van der Waals surface area contributed by atoms with Crippen LogP contribution in [0.5, 0.6) is 0 Å². The number of hydrogen-bond donors (Lipinski definition) is 1. The van der Waals surface area contributed by atoms with Gasteiger partial charge in [-0.3, -0.25) is 4.90 Å². The average Bonchev–Trinajstić information content (AvgIpc) is 2.82. The summed E-state index contributed by atoms with van der Waals surface area (Å²) in [4.78, 5) is 9.28. The van der Waals surface area contributed by atoms with Gasteiger partial charge in [-0.2, -0.15) is 0 Å². The zero-order valence-electron chi connectivity index (χ0n) is 11.6. The Morgan fingerprint density at radius 3 is 2.67 bits per heavy atom. The minimum Gasteiger partial charge on any atom is -0.309 e. The lowest BCUT2D eigenvalue weighted by atomic mass is 10.0. The molecule has 0 saturated carbocycles. The van der Waals surface area contributed by atoms with E-state index in [0.29, 0.717) is 0 Å². The summed E-state index contributed by atoms with van der Waals surface area (Å²) >= 11 is 1.72. The molecule has 102 valence electrons. The first kappa shape index (κ1) is 13.9. The van der Waals surface area contributed by atoms with Gasteiger partial charge in [0, 0.05) is 56.4 Å². The molecule has 0 spiro atoms. The molecule has 1 aromatic rings. The number of nitrogens with one attached hydrogen (secondary N) is 1. The highest BCUT2D eigenvalue weighted by atomic mass is 32.1. The molecule has 0 amide bonds. The highest BCUT2D eigenvalue weighted by Gasteiger charge is 2.28. The van der Waals surface area contributed by atoms with E-state index >= 15 is 0 Å². The Balaban J connectivity index is 1.76. The molecule has 1 fully saturated rings. The summed E-state index contributed by atoms with van der Waals surface area (Å²) < 4.78 is 0. The van der Waals surface area contributed by atoms with E-state index < -0.39 is 0 Å². The molecule has 0 radical (unpaired) electrons. The summed E-state index contributed by atoms with van der Waals surface area (Å²) in [5, 5.41) is 6.73. The number of likely N-dealkylation sites (N-methyl/N-ethyl adjacent to an activating group) is 1. The molecule has 1 aliphatic rings. The van der Waals surface area contributed by atoms with Crippen LogP contribution in [0.15, 0.2) is 11.6 Å². The minimum absolute atomic E-state index is 0.221. The molecule has 1 N–H and O–H groups in total. The molecule has 4 nitrogen and oxygen atoms in total. The van der Waals surface area contributed by atoms with Gasteiger partial charge in [-0.1, -0.05) is 0 Å². The lowest BCUT2D eigenvalue weighted by Gasteiger charge is -2.43. The summed E-state index contributed by atoms with van der Waals surface area (Å²) in [7, 11) is 2.20. The van der Waals surface area contributed by atoms with Gasteiger partial charge >= 0.3 is 0 Å². The fourth-order valence-corrected chi connectivity index (χ4v) is 2.93. The van der Waals surface area contributed by atoms with E-state index in [9.17, 15) is 0 Å². The van der Waals surface area contributed by atoms with Crippen LogP contribution in [0.3, 0.4) is 0 Å². The Bertz CT molecular complexity index is 342. The molecule has 0 aromatic carbocycles. The van der Waals surface area contributed by atoms with Crippen molar-refractivity contribution in [3.63, 3.8) is 0 Å². The predicted molar refractivity (Wildman–Crippen MR) is 77.0 cm³/mol. The van der Waals surface area contributed by atoms with Crippen LogP contribution in [0.4, 0.5) is 0 Å². The zero-order valence-corrected chi connectivity index (χ0v) is 12.5. The van der Waals surface area contributed by atoms with E-state index in [0.717, 1.165) is 13.1 Å². The van der Waals surface area contributed by atoms with Crippen molar-refractivity contribution in [1.29, 1.82) is 0 Å². The molecule has 0 atom stereocenters. The van der Waals surface area contributed by atoms with Gasteiger partial charge in [-0.05, 0) is 20.9 Å². The normalized spacial score (nSPS) is 19.3. The summed E-state index contributed by atoms with van der Waals surface area (Å²) in [6, 6.07) is 0. The van der Waals surface area contributed by atoms with E-state index in [1.54, 1.807) is 11.3 Å². The van der Waals surface area contributed by atoms with Crippen LogP contribution in [0.1, 0.15) is 18.9 Å². The van der Waals surface area contributed by atoms with Crippen molar-refractivity contribution in [3.8, 4) is 0 Å². The lowest BCUT2D eigenvalue weighted by molar-refractivity contribution is 0.0618. The molecule has 1 saturated heterocycles. The Kier molecular flexibility index (Phi) is 4.72. The minimum atomic E-state index is 0.221. The van der Waals surface area contributed by atoms with Crippen LogP contribution in [-0.4, -0.2) is 60.1 Å². The number of aromatic nitrogens is 1. The van der Waals surface area contributed by atoms with Crippen molar-refractivity contribution in [2.75, 3.05) is 39.8 Å². The maximum atomic E-state index is 4.29. The maximum Gasteiger partial charge on any atom is 0.106 e. The Morgan fingerprint density at radius 1 is 1.33 bits per heavy atom. The average molecular weight is 268 g/mol. The molecule has 0 unspecified atom stereocenters. The fourth-order valence-electron chi connectivity index (χ4n) is 2.34. The Morgan fingerprint density at radius 2 is 2.06 bits per heavy atom. The molecule has 0 aliphatic carbocycles. The summed E-state index contributed by atoms with van der Waals surface area (Å²) in [5.41, 5.74) is 0.221. The monoisotopic (exact) mass is 268 g/mol. The van der Waals surface area contributed by atoms with Gasteiger partial charge in [0.1, 0.15) is 5.01 Å². The molecule has 1 aromatic heterocycles. The van der Waals surface area contributed by atoms with Crippen LogP contribution >= 0.6 is 11.3 Å². The van der Waals surface area contributed by atoms with E-state index in [1.807, 2.05) is 11.6 Å². The second kappa shape index (κ2) is 6.10. The van der Waals surface area contributed by atoms with Gasteiger partial charge in [0.2, 0.25) is 0 Å². The van der Waals surface area contributed by atoms with Crippen LogP contribution in [0.2, 0.25) is 0 Å². The van der Waals surface area contributed by atoms with Crippen molar-refractivity contribution < 1.29 is 0 Å². The largest absolute Gasteiger partial charge is 0.309 e. The van der Waals surface area contributed by atoms with Crippen molar-refractivity contribution in [3.05, 3.63) is 16.6 Å². The molecule has 1 aliphatic heterocycles. The third-order valence-electron chi connectivity index (χ3n) is 3.68. The molecular formula is C13H24N4S. The van der Waals surface area contributed by atoms with Crippen molar-refractivity contribution in [2.24, 2.45) is 0 Å². The number of thiazole rings is 1. The first-order valence-electron chi connectivity index (χ1n) is 6.60. The van der Waals surface area contributed by atoms with Gasteiger partial charge in [0.05, 0.1) is 0 Å². The van der Waals surface area contributed by atoms with Crippen LogP contribution in [0, 0.1) is 0 Å². The third kappa shape index (κ3) is 3.75. The molecule has 2 rings (SSSR count). The molecule has 2 heterocycles. The fraction of sp³-hybridized carbons (Fsp3) is 0.769. The zero-order chi connectivity index (χ0) is 13.0. The molecule has 0 bridgehead atoms. The van der Waals surface area contributed by atoms with Gasteiger partial charge < -0.3 is 10.2 Å². The summed E-state index contributed by atoms with van der Waals surface area (Å²) in [5.74, 6) is 0. The third-order valence-corrected chi connectivity index (χ3v) is 4.46. The number of rotatable bonds is 5. The Hall–Kier alpha value is -0.490. The van der Waals surface area contributed by atoms with E-state index in [2.05, 4.69) is 41.0 Å². The van der Waals surface area contributed by atoms with Gasteiger partial charge in [-0.25, -0.2) is 4.98 Å². The molecule has 18 heavy (non-hydrogen) atoms. The standard InChI is InChI=1S/C13H24N4S/c1-13(2,17-7-5-16(3)6-8-17)11-14-10-12-15-4-9-18-12/h4,9,14H,5-8,10-11H2,1-3H3. The van der Waals surface area contributed by atoms with Gasteiger partial charge in [0.25, 0.3) is 0 Å². The van der Waals surface area contributed by atoms with Gasteiger partial charge in [-0.15, -0.1) is 11.3 Å².